The third-order valence-electron chi connectivity index (χ3n) is 2.31. The van der Waals surface area contributed by atoms with Crippen LogP contribution in [0.25, 0.3) is 0 Å². The lowest BCUT2D eigenvalue weighted by Crippen LogP contribution is -2.16. The fraction of sp³-hybridized carbons (Fsp3) is 0.571. The van der Waals surface area contributed by atoms with Crippen LogP contribution in [0.15, 0.2) is 29.2 Å². The first kappa shape index (κ1) is 16.4. The van der Waals surface area contributed by atoms with Gasteiger partial charge >= 0.3 is 5.97 Å². The lowest BCUT2D eigenvalue weighted by molar-refractivity contribution is -0.145. The summed E-state index contributed by atoms with van der Waals surface area (Å²) in [6, 6.07) is 5.21. The average Bonchev–Trinajstić information content (AvgIpc) is 2.32. The van der Waals surface area contributed by atoms with Crippen LogP contribution >= 0.6 is 0 Å². The zero-order chi connectivity index (χ0) is 14.0. The van der Waals surface area contributed by atoms with Crippen molar-refractivity contribution in [2.75, 3.05) is 0 Å². The van der Waals surface area contributed by atoms with Crippen LogP contribution in [0.5, 0.6) is 0 Å². The highest BCUT2D eigenvalue weighted by molar-refractivity contribution is 5.66. The van der Waals surface area contributed by atoms with E-state index in [0.29, 0.717) is 0 Å². The van der Waals surface area contributed by atoms with E-state index in [1.165, 1.54) is 6.92 Å². The molecule has 1 aromatic rings. The standard InChI is InChI=1S/C8H11NO.C6H12O2/c1-2-6-9-7-4-3-5-8(9)10;1-4-5(2)8-6(3)7/h3-5,7H,2,6H2,1H3;5H,4H2,1-3H3. The number of hydrogen-bond acceptors (Lipinski definition) is 3. The molecule has 0 bridgehead atoms. The molecule has 1 heterocycles. The van der Waals surface area contributed by atoms with Gasteiger partial charge < -0.3 is 9.30 Å². The topological polar surface area (TPSA) is 48.3 Å². The lowest BCUT2D eigenvalue weighted by Gasteiger charge is -2.06. The Hall–Kier alpha value is -1.58. The van der Waals surface area contributed by atoms with Gasteiger partial charge in [0.15, 0.2) is 0 Å². The molecule has 18 heavy (non-hydrogen) atoms. The van der Waals surface area contributed by atoms with E-state index in [2.05, 4.69) is 6.92 Å². The van der Waals surface area contributed by atoms with Crippen molar-refractivity contribution < 1.29 is 9.53 Å². The zero-order valence-corrected chi connectivity index (χ0v) is 11.7. The minimum Gasteiger partial charge on any atom is -0.463 e. The summed E-state index contributed by atoms with van der Waals surface area (Å²) in [6.07, 6.45) is 3.78. The molecule has 0 saturated heterocycles. The molecule has 4 nitrogen and oxygen atoms in total. The molecular weight excluding hydrogens is 230 g/mol. The maximum absolute atomic E-state index is 11.0. The number of carbonyl (C=O) groups is 1. The highest BCUT2D eigenvalue weighted by Crippen LogP contribution is 1.94. The summed E-state index contributed by atoms with van der Waals surface area (Å²) >= 11 is 0. The predicted molar refractivity (Wildman–Crippen MR) is 72.5 cm³/mol. The maximum Gasteiger partial charge on any atom is 0.302 e. The van der Waals surface area contributed by atoms with Crippen LogP contribution in [-0.2, 0) is 16.1 Å². The van der Waals surface area contributed by atoms with Gasteiger partial charge in [0.2, 0.25) is 5.56 Å². The molecule has 0 aliphatic rings. The molecule has 1 unspecified atom stereocenters. The van der Waals surface area contributed by atoms with E-state index in [1.807, 2.05) is 26.1 Å². The molecular formula is C14H23NO3. The molecule has 0 radical (unpaired) electrons. The molecule has 102 valence electrons. The second kappa shape index (κ2) is 9.45. The molecule has 1 rings (SSSR count). The van der Waals surface area contributed by atoms with Crippen molar-refractivity contribution in [2.45, 2.75) is 53.2 Å². The van der Waals surface area contributed by atoms with Crippen molar-refractivity contribution >= 4 is 5.97 Å². The predicted octanol–water partition coefficient (Wildman–Crippen LogP) is 2.61. The maximum atomic E-state index is 11.0. The van der Waals surface area contributed by atoms with Crippen molar-refractivity contribution in [3.05, 3.63) is 34.7 Å². The normalized spacial score (nSPS) is 11.1. The van der Waals surface area contributed by atoms with E-state index in [-0.39, 0.29) is 17.6 Å². The Morgan fingerprint density at radius 3 is 2.44 bits per heavy atom. The monoisotopic (exact) mass is 253 g/mol. The van der Waals surface area contributed by atoms with Gasteiger partial charge in [-0.3, -0.25) is 9.59 Å². The van der Waals surface area contributed by atoms with Crippen LogP contribution in [0.2, 0.25) is 0 Å². The van der Waals surface area contributed by atoms with Crippen molar-refractivity contribution in [3.8, 4) is 0 Å². The zero-order valence-electron chi connectivity index (χ0n) is 11.7. The molecule has 0 aromatic carbocycles. The van der Waals surface area contributed by atoms with E-state index in [9.17, 15) is 9.59 Å². The Labute approximate surface area is 109 Å². The van der Waals surface area contributed by atoms with E-state index in [4.69, 9.17) is 4.74 Å². The Morgan fingerprint density at radius 1 is 1.39 bits per heavy atom. The van der Waals surface area contributed by atoms with E-state index >= 15 is 0 Å². The summed E-state index contributed by atoms with van der Waals surface area (Å²) in [7, 11) is 0. The quantitative estimate of drug-likeness (QED) is 0.775. The number of hydrogen-bond donors (Lipinski definition) is 0. The van der Waals surface area contributed by atoms with Crippen molar-refractivity contribution in [2.24, 2.45) is 0 Å². The van der Waals surface area contributed by atoms with Gasteiger partial charge in [0.25, 0.3) is 0 Å². The number of pyridine rings is 1. The van der Waals surface area contributed by atoms with Gasteiger partial charge in [0, 0.05) is 25.7 Å². The summed E-state index contributed by atoms with van der Waals surface area (Å²) in [4.78, 5) is 21.2. The fourth-order valence-corrected chi connectivity index (χ4v) is 1.25. The molecule has 0 aliphatic heterocycles. The second-order valence-corrected chi connectivity index (χ2v) is 4.06. The highest BCUT2D eigenvalue weighted by Gasteiger charge is 1.99. The van der Waals surface area contributed by atoms with Crippen LogP contribution in [0.3, 0.4) is 0 Å². The Kier molecular flexibility index (Phi) is 8.62. The molecule has 0 fully saturated rings. The molecule has 0 amide bonds. The summed E-state index contributed by atoms with van der Waals surface area (Å²) in [6.45, 7) is 8.15. The minimum absolute atomic E-state index is 0.0764. The van der Waals surface area contributed by atoms with Crippen LogP contribution in [-0.4, -0.2) is 16.6 Å². The highest BCUT2D eigenvalue weighted by atomic mass is 16.5. The molecule has 1 aromatic heterocycles. The third-order valence-corrected chi connectivity index (χ3v) is 2.31. The van der Waals surface area contributed by atoms with Gasteiger partial charge in [0.05, 0.1) is 6.10 Å². The summed E-state index contributed by atoms with van der Waals surface area (Å²) in [5.74, 6) is -0.195. The van der Waals surface area contributed by atoms with Gasteiger partial charge in [0.1, 0.15) is 0 Å². The van der Waals surface area contributed by atoms with Gasteiger partial charge in [-0.1, -0.05) is 19.9 Å². The minimum atomic E-state index is -0.195. The summed E-state index contributed by atoms with van der Waals surface area (Å²) in [5.41, 5.74) is 0.0874. The molecule has 0 N–H and O–H groups in total. The first-order valence-electron chi connectivity index (χ1n) is 6.33. The van der Waals surface area contributed by atoms with Gasteiger partial charge in [-0.25, -0.2) is 0 Å². The number of carbonyl (C=O) groups excluding carboxylic acids is 1. The van der Waals surface area contributed by atoms with E-state index < -0.39 is 0 Å². The largest absolute Gasteiger partial charge is 0.463 e. The number of rotatable bonds is 4. The van der Waals surface area contributed by atoms with E-state index in [1.54, 1.807) is 16.7 Å². The summed E-state index contributed by atoms with van der Waals surface area (Å²) < 4.78 is 6.47. The van der Waals surface area contributed by atoms with Crippen molar-refractivity contribution in [1.29, 1.82) is 0 Å². The molecule has 4 heteroatoms. The molecule has 0 saturated carbocycles. The fourth-order valence-electron chi connectivity index (χ4n) is 1.25. The number of nitrogens with zero attached hydrogens (tertiary/aromatic N) is 1. The average molecular weight is 253 g/mol. The first-order chi connectivity index (χ1) is 8.51. The van der Waals surface area contributed by atoms with E-state index in [0.717, 1.165) is 19.4 Å². The summed E-state index contributed by atoms with van der Waals surface area (Å²) in [5, 5.41) is 0. The number of aryl methyl sites for hydroxylation is 1. The number of ether oxygens (including phenoxy) is 1. The van der Waals surface area contributed by atoms with Crippen LogP contribution in [0.1, 0.15) is 40.5 Å². The van der Waals surface area contributed by atoms with Crippen molar-refractivity contribution in [3.63, 3.8) is 0 Å². The van der Waals surface area contributed by atoms with Crippen LogP contribution in [0.4, 0.5) is 0 Å². The lowest BCUT2D eigenvalue weighted by atomic mass is 10.3. The molecule has 0 spiro atoms. The Bertz CT molecular complexity index is 398. The van der Waals surface area contributed by atoms with Gasteiger partial charge in [-0.2, -0.15) is 0 Å². The van der Waals surface area contributed by atoms with Crippen LogP contribution in [0, 0.1) is 0 Å². The Balaban J connectivity index is 0.000000331. The second-order valence-electron chi connectivity index (χ2n) is 4.06. The number of esters is 1. The first-order valence-corrected chi connectivity index (χ1v) is 6.33. The Morgan fingerprint density at radius 2 is 2.06 bits per heavy atom. The van der Waals surface area contributed by atoms with Crippen molar-refractivity contribution in [1.82, 2.24) is 4.57 Å². The van der Waals surface area contributed by atoms with Crippen LogP contribution < -0.4 is 5.56 Å². The molecule has 0 aliphatic carbocycles. The molecule has 1 atom stereocenters. The smallest absolute Gasteiger partial charge is 0.302 e. The van der Waals surface area contributed by atoms with Gasteiger partial charge in [-0.15, -0.1) is 0 Å². The number of aromatic nitrogens is 1. The SMILES string of the molecule is CCC(C)OC(C)=O.CCCn1ccccc1=O. The third kappa shape index (κ3) is 7.65. The van der Waals surface area contributed by atoms with Gasteiger partial charge in [-0.05, 0) is 25.8 Å².